The second-order valence-corrected chi connectivity index (χ2v) is 11.0. The van der Waals surface area contributed by atoms with Crippen LogP contribution in [-0.2, 0) is 10.0 Å². The van der Waals surface area contributed by atoms with E-state index in [-0.39, 0.29) is 16.1 Å². The Morgan fingerprint density at radius 2 is 1.90 bits per heavy atom. The minimum absolute atomic E-state index is 0.141. The number of amidine groups is 1. The number of benzene rings is 2. The van der Waals surface area contributed by atoms with Crippen molar-refractivity contribution in [2.45, 2.75) is 17.1 Å². The van der Waals surface area contributed by atoms with Crippen LogP contribution >= 0.6 is 35.0 Å². The molecule has 1 atom stereocenters. The van der Waals surface area contributed by atoms with Gasteiger partial charge in [-0.25, -0.2) is 17.7 Å². The van der Waals surface area contributed by atoms with Crippen molar-refractivity contribution in [3.05, 3.63) is 58.1 Å². The molecule has 2 aromatic carbocycles. The van der Waals surface area contributed by atoms with Gasteiger partial charge >= 0.3 is 0 Å². The van der Waals surface area contributed by atoms with E-state index in [1.54, 1.807) is 29.2 Å². The molecule has 10 heteroatoms. The molecule has 0 aliphatic carbocycles. The van der Waals surface area contributed by atoms with Crippen molar-refractivity contribution in [2.75, 3.05) is 20.6 Å². The van der Waals surface area contributed by atoms with Crippen molar-refractivity contribution in [3.63, 3.8) is 0 Å². The summed E-state index contributed by atoms with van der Waals surface area (Å²) >= 11 is 13.4. The standard InChI is InChI=1S/C19H19Cl2N3O3S2/c1-12-11-24(18(25)13-7-8-16(20)17(21)9-13)19(28-12)22-14-5-4-6-15(10-14)29(26,27)23(2)3/h4-10,12H,11H2,1-3H3. The Bertz CT molecular complexity index is 1090. The Morgan fingerprint density at radius 1 is 1.17 bits per heavy atom. The predicted molar refractivity (Wildman–Crippen MR) is 119 cm³/mol. The fourth-order valence-electron chi connectivity index (χ4n) is 2.69. The summed E-state index contributed by atoms with van der Waals surface area (Å²) in [4.78, 5) is 19.3. The number of nitrogens with zero attached hydrogens (tertiary/aromatic N) is 3. The first kappa shape index (κ1) is 22.1. The third-order valence-corrected chi connectivity index (χ3v) is 7.83. The van der Waals surface area contributed by atoms with Gasteiger partial charge in [0.05, 0.1) is 20.6 Å². The summed E-state index contributed by atoms with van der Waals surface area (Å²) in [6, 6.07) is 11.1. The number of hydrogen-bond acceptors (Lipinski definition) is 5. The van der Waals surface area contributed by atoms with Gasteiger partial charge in [-0.3, -0.25) is 9.69 Å². The van der Waals surface area contributed by atoms with Crippen molar-refractivity contribution >= 4 is 61.7 Å². The average molecular weight is 472 g/mol. The molecule has 2 aromatic rings. The molecule has 1 heterocycles. The van der Waals surface area contributed by atoms with Crippen molar-refractivity contribution < 1.29 is 13.2 Å². The largest absolute Gasteiger partial charge is 0.286 e. The third-order valence-electron chi connectivity index (χ3n) is 4.21. The van der Waals surface area contributed by atoms with E-state index in [2.05, 4.69) is 4.99 Å². The number of rotatable bonds is 4. The lowest BCUT2D eigenvalue weighted by Gasteiger charge is -2.17. The lowest BCUT2D eigenvalue weighted by Crippen LogP contribution is -2.32. The van der Waals surface area contributed by atoms with Gasteiger partial charge in [0.15, 0.2) is 5.17 Å². The van der Waals surface area contributed by atoms with Crippen LogP contribution in [0.25, 0.3) is 0 Å². The van der Waals surface area contributed by atoms with Gasteiger partial charge in [0, 0.05) is 31.5 Å². The molecule has 3 rings (SSSR count). The van der Waals surface area contributed by atoms with Crippen LogP contribution in [0.1, 0.15) is 17.3 Å². The van der Waals surface area contributed by atoms with Crippen LogP contribution in [-0.4, -0.2) is 54.6 Å². The van der Waals surface area contributed by atoms with Gasteiger partial charge in [0.1, 0.15) is 0 Å². The number of thioether (sulfide) groups is 1. The van der Waals surface area contributed by atoms with Crippen molar-refractivity contribution in [3.8, 4) is 0 Å². The maximum absolute atomic E-state index is 13.0. The third kappa shape index (κ3) is 4.78. The SMILES string of the molecule is CC1CN(C(=O)c2ccc(Cl)c(Cl)c2)C(=Nc2cccc(S(=O)(=O)N(C)C)c2)S1. The Balaban J connectivity index is 1.95. The first-order valence-corrected chi connectivity index (χ1v) is 11.7. The molecular formula is C19H19Cl2N3O3S2. The topological polar surface area (TPSA) is 70.0 Å². The van der Waals surface area contributed by atoms with Crippen LogP contribution in [0, 0.1) is 0 Å². The highest BCUT2D eigenvalue weighted by atomic mass is 35.5. The Labute approximate surface area is 184 Å². The quantitative estimate of drug-likeness (QED) is 0.657. The molecule has 0 radical (unpaired) electrons. The smallest absolute Gasteiger partial charge is 0.259 e. The normalized spacial score (nSPS) is 18.6. The molecule has 1 unspecified atom stereocenters. The number of hydrogen-bond donors (Lipinski definition) is 0. The van der Waals surface area contributed by atoms with E-state index in [1.165, 1.54) is 44.1 Å². The van der Waals surface area contributed by atoms with Gasteiger partial charge in [-0.05, 0) is 36.4 Å². The van der Waals surface area contributed by atoms with Gasteiger partial charge in [-0.15, -0.1) is 0 Å². The first-order chi connectivity index (χ1) is 13.6. The number of sulfonamides is 1. The summed E-state index contributed by atoms with van der Waals surface area (Å²) in [5.74, 6) is -0.240. The molecule has 0 bridgehead atoms. The van der Waals surface area contributed by atoms with Crippen LogP contribution in [0.15, 0.2) is 52.4 Å². The highest BCUT2D eigenvalue weighted by Gasteiger charge is 2.31. The van der Waals surface area contributed by atoms with E-state index >= 15 is 0 Å². The van der Waals surface area contributed by atoms with Gasteiger partial charge in [0.2, 0.25) is 10.0 Å². The van der Waals surface area contributed by atoms with E-state index in [1.807, 2.05) is 6.92 Å². The van der Waals surface area contributed by atoms with Crippen LogP contribution in [0.2, 0.25) is 10.0 Å². The molecule has 6 nitrogen and oxygen atoms in total. The molecule has 1 amide bonds. The lowest BCUT2D eigenvalue weighted by atomic mass is 10.2. The predicted octanol–water partition coefficient (Wildman–Crippen LogP) is 4.51. The van der Waals surface area contributed by atoms with Crippen LogP contribution in [0.5, 0.6) is 0 Å². The van der Waals surface area contributed by atoms with Gasteiger partial charge in [-0.2, -0.15) is 0 Å². The molecular weight excluding hydrogens is 453 g/mol. The molecule has 154 valence electrons. The number of amides is 1. The fourth-order valence-corrected chi connectivity index (χ4v) is 4.96. The van der Waals surface area contributed by atoms with Gasteiger partial charge in [-0.1, -0.05) is 48.0 Å². The molecule has 0 N–H and O–H groups in total. The second-order valence-electron chi connectivity index (χ2n) is 6.65. The molecule has 29 heavy (non-hydrogen) atoms. The van der Waals surface area contributed by atoms with Crippen LogP contribution in [0.4, 0.5) is 5.69 Å². The Morgan fingerprint density at radius 3 is 2.55 bits per heavy atom. The van der Waals surface area contributed by atoms with E-state index in [9.17, 15) is 13.2 Å². The number of carbonyl (C=O) groups is 1. The van der Waals surface area contributed by atoms with E-state index < -0.39 is 10.0 Å². The Hall–Kier alpha value is -1.58. The molecule has 0 aromatic heterocycles. The number of carbonyl (C=O) groups excluding carboxylic acids is 1. The monoisotopic (exact) mass is 471 g/mol. The van der Waals surface area contributed by atoms with Gasteiger partial charge in [0.25, 0.3) is 5.91 Å². The molecule has 1 aliphatic rings. The maximum Gasteiger partial charge on any atom is 0.259 e. The second kappa shape index (κ2) is 8.65. The zero-order valence-corrected chi connectivity index (χ0v) is 19.1. The molecule has 1 aliphatic heterocycles. The molecule has 0 saturated carbocycles. The maximum atomic E-state index is 13.0. The minimum atomic E-state index is -3.58. The molecule has 1 fully saturated rings. The van der Waals surface area contributed by atoms with Crippen LogP contribution in [0.3, 0.4) is 0 Å². The van der Waals surface area contributed by atoms with Crippen molar-refractivity contribution in [1.82, 2.24) is 9.21 Å². The first-order valence-electron chi connectivity index (χ1n) is 8.64. The number of halogens is 2. The summed E-state index contributed by atoms with van der Waals surface area (Å²) in [5, 5.41) is 1.33. The molecule has 1 saturated heterocycles. The Kier molecular flexibility index (Phi) is 6.60. The van der Waals surface area contributed by atoms with E-state index in [0.717, 1.165) is 4.31 Å². The average Bonchev–Trinajstić information content (AvgIpc) is 3.03. The van der Waals surface area contributed by atoms with Crippen molar-refractivity contribution in [2.24, 2.45) is 4.99 Å². The summed E-state index contributed by atoms with van der Waals surface area (Å²) in [7, 11) is -0.631. The lowest BCUT2D eigenvalue weighted by molar-refractivity contribution is 0.0855. The number of aliphatic imine (C=N–C) groups is 1. The summed E-state index contributed by atoms with van der Waals surface area (Å²) in [6.07, 6.45) is 0. The van der Waals surface area contributed by atoms with Crippen LogP contribution < -0.4 is 0 Å². The highest BCUT2D eigenvalue weighted by molar-refractivity contribution is 8.14. The molecule has 0 spiro atoms. The minimum Gasteiger partial charge on any atom is -0.286 e. The van der Waals surface area contributed by atoms with E-state index in [0.29, 0.717) is 33.0 Å². The van der Waals surface area contributed by atoms with Crippen molar-refractivity contribution in [1.29, 1.82) is 0 Å². The zero-order valence-electron chi connectivity index (χ0n) is 16.0. The summed E-state index contributed by atoms with van der Waals surface area (Å²) in [6.45, 7) is 2.48. The fraction of sp³-hybridized carbons (Fsp3) is 0.263. The summed E-state index contributed by atoms with van der Waals surface area (Å²) in [5.41, 5.74) is 0.863. The highest BCUT2D eigenvalue weighted by Crippen LogP contribution is 2.31. The summed E-state index contributed by atoms with van der Waals surface area (Å²) < 4.78 is 25.9. The van der Waals surface area contributed by atoms with Gasteiger partial charge < -0.3 is 0 Å². The van der Waals surface area contributed by atoms with E-state index in [4.69, 9.17) is 23.2 Å². The zero-order chi connectivity index (χ0) is 21.3.